The average Bonchev–Trinajstić information content (AvgIpc) is 3.15. The van der Waals surface area contributed by atoms with E-state index in [9.17, 15) is 38.4 Å². The molecule has 4 amide bonds. The van der Waals surface area contributed by atoms with Gasteiger partial charge in [-0.2, -0.15) is 0 Å². The Morgan fingerprint density at radius 1 is 0.552 bits per heavy atom. The zero-order valence-electron chi connectivity index (χ0n) is 36.4. The van der Waals surface area contributed by atoms with E-state index in [4.69, 9.17) is 0 Å². The van der Waals surface area contributed by atoms with Gasteiger partial charge in [0.15, 0.2) is 24.3 Å². The molecule has 0 bridgehead atoms. The number of hydrogen-bond donors (Lipinski definition) is 4. The number of carbonyl (C=O) groups is 9. The maximum Gasteiger partial charge on any atom is 0.262 e. The van der Waals surface area contributed by atoms with Crippen molar-refractivity contribution in [3.8, 4) is 0 Å². The molecule has 2 fully saturated rings. The van der Waals surface area contributed by atoms with Crippen LogP contribution in [0.4, 0.5) is 0 Å². The van der Waals surface area contributed by atoms with Gasteiger partial charge in [-0.05, 0) is 70.1 Å². The Bertz CT molecular complexity index is 1440. The SMILES string of the molecule is CC(=O)[C@H](C)N1CCN(C(=O)C(N[C@H](C=O)CC(C)C)N2CCN(C(=O)C(C)N[C@H](C=O)CC(C)C)C(N[C@H](C=O)CC(C)C)C2=O)C(N[C@H](C=O)CC(C)C)C1=O. The molecule has 0 saturated carbocycles. The zero-order chi connectivity index (χ0) is 44.0. The summed E-state index contributed by atoms with van der Waals surface area (Å²) in [7, 11) is 0. The van der Waals surface area contributed by atoms with Crippen molar-refractivity contribution < 1.29 is 43.2 Å². The summed E-state index contributed by atoms with van der Waals surface area (Å²) < 4.78 is 0. The van der Waals surface area contributed by atoms with Crippen molar-refractivity contribution in [3.05, 3.63) is 0 Å². The summed E-state index contributed by atoms with van der Waals surface area (Å²) in [5, 5.41) is 12.2. The van der Waals surface area contributed by atoms with E-state index in [2.05, 4.69) is 21.3 Å². The Morgan fingerprint density at radius 3 is 1.31 bits per heavy atom. The summed E-state index contributed by atoms with van der Waals surface area (Å²) in [5.74, 6) is -2.63. The Balaban J connectivity index is 2.71. The lowest BCUT2D eigenvalue weighted by molar-refractivity contribution is -0.167. The van der Waals surface area contributed by atoms with E-state index in [1.807, 2.05) is 55.4 Å². The number of carbonyl (C=O) groups excluding carboxylic acids is 9. The van der Waals surface area contributed by atoms with Crippen molar-refractivity contribution in [2.75, 3.05) is 26.2 Å². The molecule has 0 aromatic rings. The molecule has 0 aromatic carbocycles. The Hall–Kier alpha value is -3.93. The molecule has 328 valence electrons. The van der Waals surface area contributed by atoms with Crippen LogP contribution < -0.4 is 21.3 Å². The first-order valence-electron chi connectivity index (χ1n) is 20.8. The van der Waals surface area contributed by atoms with E-state index in [-0.39, 0.29) is 55.6 Å². The number of Topliss-reactive ketones (excluding diaryl/α,β-unsaturated/α-hetero) is 1. The third kappa shape index (κ3) is 14.1. The van der Waals surface area contributed by atoms with Crippen LogP contribution in [0, 0.1) is 23.7 Å². The standard InChI is InChI=1S/C41H70N8O9/c1-24(2)16-31(20-50)42-28(9)38(55)47-14-15-49(40(57)36(47)44-33(22-52)18-26(5)6)37(45-34(23-53)19-27(7)8)41(58)48-13-12-46(29(10)30(11)54)39(56)35(48)43-32(21-51)17-25(3)4/h20-29,31-37,42-45H,12-19H2,1-11H3/t28?,29-,31-,32-,33-,34-,35?,36?,37?/m0/s1. The van der Waals surface area contributed by atoms with Gasteiger partial charge in [-0.25, -0.2) is 0 Å². The summed E-state index contributed by atoms with van der Waals surface area (Å²) in [6.45, 7) is 19.5. The van der Waals surface area contributed by atoms with Crippen LogP contribution in [-0.4, -0.2) is 155 Å². The maximum absolute atomic E-state index is 15.0. The van der Waals surface area contributed by atoms with Gasteiger partial charge in [0.2, 0.25) is 5.91 Å². The van der Waals surface area contributed by atoms with Crippen molar-refractivity contribution in [2.24, 2.45) is 23.7 Å². The predicted octanol–water partition coefficient (Wildman–Crippen LogP) is 0.485. The highest BCUT2D eigenvalue weighted by atomic mass is 16.2. The molecule has 2 saturated heterocycles. The molecule has 2 heterocycles. The van der Waals surface area contributed by atoms with Gasteiger partial charge in [0.25, 0.3) is 17.7 Å². The first-order valence-corrected chi connectivity index (χ1v) is 20.8. The van der Waals surface area contributed by atoms with E-state index in [1.54, 1.807) is 13.8 Å². The molecule has 9 atom stereocenters. The first-order chi connectivity index (χ1) is 27.2. The largest absolute Gasteiger partial charge is 0.328 e. The van der Waals surface area contributed by atoms with E-state index >= 15 is 4.79 Å². The molecule has 2 aliphatic rings. The van der Waals surface area contributed by atoms with Crippen LogP contribution in [0.1, 0.15) is 102 Å². The number of ketones is 1. The van der Waals surface area contributed by atoms with Crippen LogP contribution in [0.3, 0.4) is 0 Å². The van der Waals surface area contributed by atoms with Crippen molar-refractivity contribution in [1.82, 2.24) is 40.9 Å². The lowest BCUT2D eigenvalue weighted by Gasteiger charge is -2.48. The fourth-order valence-corrected chi connectivity index (χ4v) is 7.53. The van der Waals surface area contributed by atoms with Crippen molar-refractivity contribution in [3.63, 3.8) is 0 Å². The molecule has 0 aromatic heterocycles. The van der Waals surface area contributed by atoms with Crippen LogP contribution in [0.2, 0.25) is 0 Å². The average molecular weight is 819 g/mol. The molecular weight excluding hydrogens is 748 g/mol. The molecule has 0 aliphatic carbocycles. The smallest absolute Gasteiger partial charge is 0.262 e. The summed E-state index contributed by atoms with van der Waals surface area (Å²) >= 11 is 0. The molecule has 2 rings (SSSR count). The fourth-order valence-electron chi connectivity index (χ4n) is 7.53. The number of hydrogen-bond acceptors (Lipinski definition) is 13. The van der Waals surface area contributed by atoms with Crippen LogP contribution in [0.15, 0.2) is 0 Å². The summed E-state index contributed by atoms with van der Waals surface area (Å²) in [5.41, 5.74) is 0. The molecule has 58 heavy (non-hydrogen) atoms. The predicted molar refractivity (Wildman–Crippen MR) is 218 cm³/mol. The Kier molecular flexibility index (Phi) is 20.4. The van der Waals surface area contributed by atoms with Gasteiger partial charge in [-0.15, -0.1) is 0 Å². The normalized spacial score (nSPS) is 21.5. The lowest BCUT2D eigenvalue weighted by atomic mass is 10.0. The van der Waals surface area contributed by atoms with Gasteiger partial charge < -0.3 is 38.8 Å². The highest BCUT2D eigenvalue weighted by Crippen LogP contribution is 2.22. The number of nitrogens with one attached hydrogen (secondary N) is 4. The number of nitrogens with zero attached hydrogens (tertiary/aromatic N) is 4. The van der Waals surface area contributed by atoms with Gasteiger partial charge in [0.1, 0.15) is 25.1 Å². The van der Waals surface area contributed by atoms with Crippen LogP contribution in [0.5, 0.6) is 0 Å². The molecule has 4 N–H and O–H groups in total. The number of aldehydes is 4. The molecule has 0 radical (unpaired) electrons. The summed E-state index contributed by atoms with van der Waals surface area (Å²) in [6, 6.07) is -4.94. The fraction of sp³-hybridized carbons (Fsp3) is 0.780. The Morgan fingerprint density at radius 2 is 0.914 bits per heavy atom. The minimum Gasteiger partial charge on any atom is -0.328 e. The van der Waals surface area contributed by atoms with Crippen LogP contribution in [-0.2, 0) is 43.2 Å². The molecule has 4 unspecified atom stereocenters. The van der Waals surface area contributed by atoms with Crippen molar-refractivity contribution in [1.29, 1.82) is 0 Å². The highest BCUT2D eigenvalue weighted by molar-refractivity contribution is 5.97. The number of rotatable bonds is 25. The van der Waals surface area contributed by atoms with Crippen molar-refractivity contribution >= 4 is 54.6 Å². The van der Waals surface area contributed by atoms with Crippen LogP contribution >= 0.6 is 0 Å². The Labute approximate surface area is 344 Å². The number of piperazine rings is 2. The second-order valence-corrected chi connectivity index (χ2v) is 17.5. The van der Waals surface area contributed by atoms with Gasteiger partial charge in [-0.3, -0.25) is 45.2 Å². The third-order valence-electron chi connectivity index (χ3n) is 10.5. The first kappa shape index (κ1) is 50.2. The number of amides is 4. The second-order valence-electron chi connectivity index (χ2n) is 17.5. The molecule has 17 heteroatoms. The molecule has 17 nitrogen and oxygen atoms in total. The van der Waals surface area contributed by atoms with E-state index in [0.717, 1.165) is 6.29 Å². The molecule has 0 spiro atoms. The van der Waals surface area contributed by atoms with E-state index in [1.165, 1.54) is 26.5 Å². The molecule has 2 aliphatic heterocycles. The van der Waals surface area contributed by atoms with Gasteiger partial charge in [0, 0.05) is 26.2 Å². The second kappa shape index (κ2) is 23.6. The van der Waals surface area contributed by atoms with Gasteiger partial charge >= 0.3 is 0 Å². The van der Waals surface area contributed by atoms with Crippen LogP contribution in [0.25, 0.3) is 0 Å². The van der Waals surface area contributed by atoms with E-state index < -0.39 is 78.4 Å². The quantitative estimate of drug-likeness (QED) is 0.0925. The summed E-state index contributed by atoms with van der Waals surface area (Å²) in [6.07, 6.45) is -0.186. The zero-order valence-corrected chi connectivity index (χ0v) is 36.4. The third-order valence-corrected chi connectivity index (χ3v) is 10.5. The maximum atomic E-state index is 15.0. The van der Waals surface area contributed by atoms with Gasteiger partial charge in [0.05, 0.1) is 36.3 Å². The summed E-state index contributed by atoms with van der Waals surface area (Å²) in [4.78, 5) is 125. The monoisotopic (exact) mass is 819 g/mol. The van der Waals surface area contributed by atoms with Gasteiger partial charge in [-0.1, -0.05) is 55.4 Å². The topological polar surface area (TPSA) is 215 Å². The van der Waals surface area contributed by atoms with E-state index in [0.29, 0.717) is 44.5 Å². The lowest BCUT2D eigenvalue weighted by Crippen LogP contribution is -2.74. The molecular formula is C41H70N8O9. The minimum absolute atomic E-state index is 0.000662. The van der Waals surface area contributed by atoms with Crippen molar-refractivity contribution in [2.45, 2.75) is 157 Å². The highest BCUT2D eigenvalue weighted by Gasteiger charge is 2.48. The minimum atomic E-state index is -1.53.